The van der Waals surface area contributed by atoms with Crippen LogP contribution in [-0.2, 0) is 32.1 Å². The second kappa shape index (κ2) is 14.6. The number of thioether (sulfide) groups is 1. The van der Waals surface area contributed by atoms with E-state index in [9.17, 15) is 19.2 Å². The van der Waals surface area contributed by atoms with Crippen LogP contribution in [0.25, 0.3) is 0 Å². The van der Waals surface area contributed by atoms with Gasteiger partial charge in [0.2, 0.25) is 5.91 Å². The van der Waals surface area contributed by atoms with Gasteiger partial charge < -0.3 is 23.2 Å². The molecule has 1 fully saturated rings. The predicted molar refractivity (Wildman–Crippen MR) is 152 cm³/mol. The van der Waals surface area contributed by atoms with E-state index in [0.717, 1.165) is 17.5 Å². The number of benzene rings is 2. The van der Waals surface area contributed by atoms with Gasteiger partial charge in [0.05, 0.1) is 12.6 Å². The number of carbonyl (C=O) groups is 3. The van der Waals surface area contributed by atoms with E-state index in [4.69, 9.17) is 18.3 Å². The van der Waals surface area contributed by atoms with Gasteiger partial charge in [-0.05, 0) is 37.8 Å². The van der Waals surface area contributed by atoms with Crippen molar-refractivity contribution in [2.24, 2.45) is 0 Å². The number of hydrogen-bond acceptors (Lipinski definition) is 9. The minimum absolute atomic E-state index is 0.102. The van der Waals surface area contributed by atoms with Gasteiger partial charge >= 0.3 is 17.9 Å². The fraction of sp³-hybridized carbons (Fsp3) is 0.400. The van der Waals surface area contributed by atoms with Gasteiger partial charge in [-0.25, -0.2) is 9.59 Å². The fourth-order valence-corrected chi connectivity index (χ4v) is 5.95. The van der Waals surface area contributed by atoms with Gasteiger partial charge in [-0.2, -0.15) is 11.8 Å². The van der Waals surface area contributed by atoms with E-state index >= 15 is 0 Å². The van der Waals surface area contributed by atoms with Crippen LogP contribution in [0.1, 0.15) is 42.0 Å². The van der Waals surface area contributed by atoms with Gasteiger partial charge in [0.1, 0.15) is 12.6 Å². The summed E-state index contributed by atoms with van der Waals surface area (Å²) in [6, 6.07) is 18.1. The first kappa shape index (κ1) is 30.0. The first-order valence-electron chi connectivity index (χ1n) is 13.5. The zero-order chi connectivity index (χ0) is 29.2. The van der Waals surface area contributed by atoms with E-state index in [1.54, 1.807) is 18.7 Å². The molecule has 1 saturated heterocycles. The van der Waals surface area contributed by atoms with Crippen LogP contribution >= 0.6 is 11.8 Å². The number of esters is 1. The molecule has 3 aromatic rings. The lowest BCUT2D eigenvalue weighted by Crippen LogP contribution is -2.53. The fourth-order valence-electron chi connectivity index (χ4n) is 4.68. The van der Waals surface area contributed by atoms with Crippen molar-refractivity contribution >= 4 is 29.7 Å². The summed E-state index contributed by atoms with van der Waals surface area (Å²) in [4.78, 5) is 54.6. The lowest BCUT2D eigenvalue weighted by Gasteiger charge is -2.34. The lowest BCUT2D eigenvalue weighted by molar-refractivity contribution is -0.153. The summed E-state index contributed by atoms with van der Waals surface area (Å²) < 4.78 is 20.4. The van der Waals surface area contributed by atoms with Crippen LogP contribution in [0.5, 0.6) is 0 Å². The molecule has 4 rings (SSSR count). The minimum atomic E-state index is -0.883. The topological polar surface area (TPSA) is 120 Å². The SMILES string of the molecule is CCOC(=O)N(CCCc1ccccc1)C1CSCC(c2ccccc2)N(CC(=O)OCc2oc(=O)oc2C)C1=O. The van der Waals surface area contributed by atoms with Crippen molar-refractivity contribution in [1.29, 1.82) is 0 Å². The number of amides is 2. The maximum atomic E-state index is 14.2. The summed E-state index contributed by atoms with van der Waals surface area (Å²) in [7, 11) is 0. The molecular formula is C30H34N2O8S. The molecule has 0 spiro atoms. The third-order valence-electron chi connectivity index (χ3n) is 6.77. The summed E-state index contributed by atoms with van der Waals surface area (Å²) in [5.74, 6) is -0.725. The first-order chi connectivity index (χ1) is 19.9. The minimum Gasteiger partial charge on any atom is -0.456 e. The second-order valence-electron chi connectivity index (χ2n) is 9.52. The van der Waals surface area contributed by atoms with Crippen molar-refractivity contribution in [3.8, 4) is 0 Å². The molecule has 0 bridgehead atoms. The Balaban J connectivity index is 1.55. The van der Waals surface area contributed by atoms with Crippen LogP contribution in [0.2, 0.25) is 0 Å². The number of hydrogen-bond donors (Lipinski definition) is 0. The van der Waals surface area contributed by atoms with Crippen molar-refractivity contribution in [2.75, 3.05) is 31.2 Å². The van der Waals surface area contributed by atoms with Gasteiger partial charge in [-0.3, -0.25) is 14.5 Å². The van der Waals surface area contributed by atoms with Crippen molar-refractivity contribution < 1.29 is 32.7 Å². The van der Waals surface area contributed by atoms with Crippen LogP contribution < -0.4 is 5.82 Å². The van der Waals surface area contributed by atoms with Gasteiger partial charge in [0.15, 0.2) is 18.1 Å². The Labute approximate surface area is 242 Å². The van der Waals surface area contributed by atoms with Crippen LogP contribution in [0.3, 0.4) is 0 Å². The molecule has 0 radical (unpaired) electrons. The van der Waals surface area contributed by atoms with E-state index in [-0.39, 0.29) is 37.2 Å². The Morgan fingerprint density at radius 3 is 2.37 bits per heavy atom. The number of carbonyl (C=O) groups excluding carboxylic acids is 3. The van der Waals surface area contributed by atoms with E-state index in [1.807, 2.05) is 60.7 Å². The standard InChI is InChI=1S/C30H34N2O8S/c1-3-37-29(35)31(16-10-13-22-11-6-4-7-12-22)25-20-41-19-24(23-14-8-5-9-15-23)32(28(25)34)17-27(33)38-18-26-21(2)39-30(36)40-26/h4-9,11-12,14-15,24-25H,3,10,13,16-20H2,1-2H3. The van der Waals surface area contributed by atoms with Crippen molar-refractivity contribution in [2.45, 2.75) is 45.4 Å². The quantitative estimate of drug-likeness (QED) is 0.304. The third kappa shape index (κ3) is 8.03. The van der Waals surface area contributed by atoms with E-state index < -0.39 is 30.0 Å². The summed E-state index contributed by atoms with van der Waals surface area (Å²) in [5.41, 5.74) is 2.00. The molecule has 2 heterocycles. The molecule has 0 N–H and O–H groups in total. The van der Waals surface area contributed by atoms with E-state index in [2.05, 4.69) is 0 Å². The Kier molecular flexibility index (Phi) is 10.7. The van der Waals surface area contributed by atoms with Crippen molar-refractivity contribution in [1.82, 2.24) is 9.80 Å². The lowest BCUT2D eigenvalue weighted by atomic mass is 10.1. The summed E-state index contributed by atoms with van der Waals surface area (Å²) >= 11 is 1.54. The molecule has 1 aromatic heterocycles. The molecule has 41 heavy (non-hydrogen) atoms. The Morgan fingerprint density at radius 1 is 1.00 bits per heavy atom. The monoisotopic (exact) mass is 582 g/mol. The molecule has 1 aliphatic rings. The normalized spacial score (nSPS) is 17.1. The molecule has 2 amide bonds. The van der Waals surface area contributed by atoms with Crippen molar-refractivity contribution in [3.63, 3.8) is 0 Å². The molecule has 218 valence electrons. The highest BCUT2D eigenvalue weighted by atomic mass is 32.2. The zero-order valence-corrected chi connectivity index (χ0v) is 24.0. The number of aryl methyl sites for hydroxylation is 2. The smallest absolute Gasteiger partial charge is 0.456 e. The average molecular weight is 583 g/mol. The number of rotatable bonds is 11. The zero-order valence-electron chi connectivity index (χ0n) is 23.2. The molecule has 1 aliphatic heterocycles. The third-order valence-corrected chi connectivity index (χ3v) is 7.87. The van der Waals surface area contributed by atoms with Crippen molar-refractivity contribution in [3.05, 3.63) is 93.9 Å². The maximum absolute atomic E-state index is 14.2. The highest BCUT2D eigenvalue weighted by Crippen LogP contribution is 2.31. The van der Waals surface area contributed by atoms with Gasteiger partial charge in [0.25, 0.3) is 0 Å². The predicted octanol–water partition coefficient (Wildman–Crippen LogP) is 4.36. The first-order valence-corrected chi connectivity index (χ1v) is 14.7. The van der Waals surface area contributed by atoms with Crippen LogP contribution in [0, 0.1) is 6.92 Å². The highest BCUT2D eigenvalue weighted by Gasteiger charge is 2.40. The Hall–Kier alpha value is -3.99. The van der Waals surface area contributed by atoms with Gasteiger partial charge in [0, 0.05) is 18.1 Å². The van der Waals surface area contributed by atoms with Crippen LogP contribution in [0.15, 0.2) is 74.3 Å². The maximum Gasteiger partial charge on any atom is 0.519 e. The molecule has 11 heteroatoms. The molecular weight excluding hydrogens is 548 g/mol. The molecule has 0 aliphatic carbocycles. The van der Waals surface area contributed by atoms with Crippen LogP contribution in [0.4, 0.5) is 4.79 Å². The van der Waals surface area contributed by atoms with Gasteiger partial charge in [-0.1, -0.05) is 60.7 Å². The molecule has 2 unspecified atom stereocenters. The van der Waals surface area contributed by atoms with Crippen LogP contribution in [-0.4, -0.2) is 65.0 Å². The average Bonchev–Trinajstić information content (AvgIpc) is 3.22. The van der Waals surface area contributed by atoms with E-state index in [0.29, 0.717) is 24.5 Å². The Morgan fingerprint density at radius 2 is 1.71 bits per heavy atom. The molecule has 10 nitrogen and oxygen atoms in total. The number of ether oxygens (including phenoxy) is 2. The molecule has 0 saturated carbocycles. The van der Waals surface area contributed by atoms with Gasteiger partial charge in [-0.15, -0.1) is 0 Å². The Bertz CT molecular complexity index is 1360. The second-order valence-corrected chi connectivity index (χ2v) is 10.6. The largest absolute Gasteiger partial charge is 0.519 e. The summed E-state index contributed by atoms with van der Waals surface area (Å²) in [6.07, 6.45) is 0.805. The summed E-state index contributed by atoms with van der Waals surface area (Å²) in [5, 5.41) is 0. The molecule has 2 atom stereocenters. The number of nitrogens with zero attached hydrogens (tertiary/aromatic N) is 2. The highest BCUT2D eigenvalue weighted by molar-refractivity contribution is 7.99. The van der Waals surface area contributed by atoms with E-state index in [1.165, 1.54) is 16.7 Å². The molecule has 2 aromatic carbocycles. The summed E-state index contributed by atoms with van der Waals surface area (Å²) in [6.45, 7) is 3.09.